The van der Waals surface area contributed by atoms with Crippen molar-refractivity contribution in [1.82, 2.24) is 0 Å². The average Bonchev–Trinajstić information content (AvgIpc) is 2.21. The van der Waals surface area contributed by atoms with E-state index in [2.05, 4.69) is 15.9 Å². The predicted molar refractivity (Wildman–Crippen MR) is 60.5 cm³/mol. The summed E-state index contributed by atoms with van der Waals surface area (Å²) in [5.74, 6) is -0.363. The summed E-state index contributed by atoms with van der Waals surface area (Å²) in [6, 6.07) is 4.49. The van der Waals surface area contributed by atoms with E-state index in [-0.39, 0.29) is 5.82 Å². The molecule has 1 aromatic rings. The fourth-order valence-electron chi connectivity index (χ4n) is 1.42. The number of hydrogen-bond acceptors (Lipinski definition) is 2. The van der Waals surface area contributed by atoms with Gasteiger partial charge in [-0.3, -0.25) is 0 Å². The van der Waals surface area contributed by atoms with E-state index < -0.39 is 12.2 Å². The molecule has 0 aliphatic carbocycles. The van der Waals surface area contributed by atoms with Crippen molar-refractivity contribution in [2.24, 2.45) is 0 Å². The highest BCUT2D eigenvalue weighted by atomic mass is 79.9. The van der Waals surface area contributed by atoms with Crippen LogP contribution in [0, 0.1) is 12.7 Å². The van der Waals surface area contributed by atoms with E-state index in [9.17, 15) is 14.6 Å². The van der Waals surface area contributed by atoms with Crippen molar-refractivity contribution < 1.29 is 14.6 Å². The molecular formula is C11H14BrFO2. The molecule has 0 fully saturated rings. The maximum absolute atomic E-state index is 13.2. The molecule has 0 amide bonds. The Labute approximate surface area is 96.9 Å². The molecule has 0 spiro atoms. The summed E-state index contributed by atoms with van der Waals surface area (Å²) < 4.78 is 13.2. The van der Waals surface area contributed by atoms with Crippen LogP contribution in [-0.2, 0) is 0 Å². The minimum atomic E-state index is -1.03. The minimum absolute atomic E-state index is 0.363. The Morgan fingerprint density at radius 1 is 1.40 bits per heavy atom. The van der Waals surface area contributed by atoms with Gasteiger partial charge in [0.05, 0.1) is 6.10 Å². The monoisotopic (exact) mass is 276 g/mol. The predicted octanol–water partition coefficient (Wildman–Crippen LogP) is 2.31. The first kappa shape index (κ1) is 12.6. The second-order valence-electron chi connectivity index (χ2n) is 3.44. The fourth-order valence-corrected chi connectivity index (χ4v) is 1.89. The molecular weight excluding hydrogens is 263 g/mol. The third-order valence-corrected chi connectivity index (χ3v) is 2.86. The number of benzene rings is 1. The van der Waals surface area contributed by atoms with Gasteiger partial charge in [-0.2, -0.15) is 0 Å². The topological polar surface area (TPSA) is 40.5 Å². The van der Waals surface area contributed by atoms with Gasteiger partial charge in [0, 0.05) is 5.33 Å². The number of rotatable bonds is 4. The van der Waals surface area contributed by atoms with Crippen LogP contribution in [0.15, 0.2) is 18.2 Å². The summed E-state index contributed by atoms with van der Waals surface area (Å²) >= 11 is 3.18. The molecule has 2 unspecified atom stereocenters. The molecule has 2 atom stereocenters. The second-order valence-corrected chi connectivity index (χ2v) is 4.24. The normalized spacial score (nSPS) is 15.0. The highest BCUT2D eigenvalue weighted by Crippen LogP contribution is 2.24. The maximum atomic E-state index is 13.2. The smallest absolute Gasteiger partial charge is 0.126 e. The first-order valence-corrected chi connectivity index (χ1v) is 5.87. The largest absolute Gasteiger partial charge is 0.390 e. The molecule has 0 saturated carbocycles. The molecule has 2 nitrogen and oxygen atoms in total. The second kappa shape index (κ2) is 5.58. The zero-order valence-electron chi connectivity index (χ0n) is 8.45. The number of hydrogen-bond donors (Lipinski definition) is 2. The minimum Gasteiger partial charge on any atom is -0.390 e. The van der Waals surface area contributed by atoms with Crippen molar-refractivity contribution in [3.63, 3.8) is 0 Å². The van der Waals surface area contributed by atoms with Gasteiger partial charge in [-0.05, 0) is 30.5 Å². The quantitative estimate of drug-likeness (QED) is 0.829. The molecule has 0 aliphatic heterocycles. The van der Waals surface area contributed by atoms with Gasteiger partial charge in [0.15, 0.2) is 0 Å². The van der Waals surface area contributed by atoms with Crippen LogP contribution in [0.1, 0.15) is 23.7 Å². The van der Waals surface area contributed by atoms with E-state index in [1.165, 1.54) is 12.1 Å². The van der Waals surface area contributed by atoms with E-state index in [4.69, 9.17) is 0 Å². The van der Waals surface area contributed by atoms with Gasteiger partial charge in [-0.1, -0.05) is 28.1 Å². The third kappa shape index (κ3) is 3.00. The molecule has 0 aliphatic rings. The molecule has 0 bridgehead atoms. The van der Waals surface area contributed by atoms with E-state index >= 15 is 0 Å². The maximum Gasteiger partial charge on any atom is 0.126 e. The SMILES string of the molecule is Cc1c(F)cccc1C(O)C(O)CCBr. The first-order chi connectivity index (χ1) is 7.07. The Hall–Kier alpha value is -0.450. The van der Waals surface area contributed by atoms with Crippen molar-refractivity contribution in [2.75, 3.05) is 5.33 Å². The lowest BCUT2D eigenvalue weighted by Gasteiger charge is -2.19. The van der Waals surface area contributed by atoms with Gasteiger partial charge in [-0.25, -0.2) is 4.39 Å². The highest BCUT2D eigenvalue weighted by Gasteiger charge is 2.20. The van der Waals surface area contributed by atoms with Crippen molar-refractivity contribution in [1.29, 1.82) is 0 Å². The van der Waals surface area contributed by atoms with Crippen LogP contribution < -0.4 is 0 Å². The van der Waals surface area contributed by atoms with E-state index in [1.807, 2.05) is 0 Å². The van der Waals surface area contributed by atoms with Crippen LogP contribution in [0.3, 0.4) is 0 Å². The summed E-state index contributed by atoms with van der Waals surface area (Å²) in [7, 11) is 0. The van der Waals surface area contributed by atoms with Gasteiger partial charge in [0.1, 0.15) is 11.9 Å². The van der Waals surface area contributed by atoms with Crippen molar-refractivity contribution in [3.05, 3.63) is 35.1 Å². The van der Waals surface area contributed by atoms with E-state index in [0.29, 0.717) is 22.9 Å². The van der Waals surface area contributed by atoms with Crippen LogP contribution in [0.4, 0.5) is 4.39 Å². The van der Waals surface area contributed by atoms with Crippen LogP contribution in [0.25, 0.3) is 0 Å². The molecule has 0 aromatic heterocycles. The van der Waals surface area contributed by atoms with Crippen molar-refractivity contribution >= 4 is 15.9 Å². The fraction of sp³-hybridized carbons (Fsp3) is 0.455. The summed E-state index contributed by atoms with van der Waals surface area (Å²) in [5, 5.41) is 20.0. The van der Waals surface area contributed by atoms with Gasteiger partial charge < -0.3 is 10.2 Å². The third-order valence-electron chi connectivity index (χ3n) is 2.40. The lowest BCUT2D eigenvalue weighted by atomic mass is 9.98. The Morgan fingerprint density at radius 2 is 2.07 bits per heavy atom. The van der Waals surface area contributed by atoms with Crippen LogP contribution >= 0.6 is 15.9 Å². The Bertz CT molecular complexity index is 330. The summed E-state index contributed by atoms with van der Waals surface area (Å²) in [5.41, 5.74) is 0.835. The van der Waals surface area contributed by atoms with Gasteiger partial charge in [0.25, 0.3) is 0 Å². The molecule has 0 saturated heterocycles. The van der Waals surface area contributed by atoms with Crippen LogP contribution in [-0.4, -0.2) is 21.6 Å². The molecule has 4 heteroatoms. The molecule has 2 N–H and O–H groups in total. The number of alkyl halides is 1. The molecule has 1 rings (SSSR count). The lowest BCUT2D eigenvalue weighted by molar-refractivity contribution is 0.0168. The number of halogens is 2. The van der Waals surface area contributed by atoms with E-state index in [0.717, 1.165) is 0 Å². The summed E-state index contributed by atoms with van der Waals surface area (Å²) in [4.78, 5) is 0. The Kier molecular flexibility index (Phi) is 4.70. The van der Waals surface area contributed by atoms with Gasteiger partial charge in [-0.15, -0.1) is 0 Å². The Morgan fingerprint density at radius 3 is 2.67 bits per heavy atom. The van der Waals surface area contributed by atoms with Crippen LogP contribution in [0.5, 0.6) is 0 Å². The number of aliphatic hydroxyl groups is 2. The average molecular weight is 277 g/mol. The first-order valence-electron chi connectivity index (χ1n) is 4.75. The summed E-state index contributed by atoms with van der Waals surface area (Å²) in [6.45, 7) is 1.59. The van der Waals surface area contributed by atoms with Gasteiger partial charge in [0.2, 0.25) is 0 Å². The molecule has 15 heavy (non-hydrogen) atoms. The molecule has 0 radical (unpaired) electrons. The molecule has 84 valence electrons. The lowest BCUT2D eigenvalue weighted by Crippen LogP contribution is -2.19. The zero-order chi connectivity index (χ0) is 11.4. The standard InChI is InChI=1S/C11H14BrFO2/c1-7-8(3-2-4-9(7)13)11(15)10(14)5-6-12/h2-4,10-11,14-15H,5-6H2,1H3. The summed E-state index contributed by atoms with van der Waals surface area (Å²) in [6.07, 6.45) is -1.47. The van der Waals surface area contributed by atoms with Crippen LogP contribution in [0.2, 0.25) is 0 Å². The highest BCUT2D eigenvalue weighted by molar-refractivity contribution is 9.09. The van der Waals surface area contributed by atoms with Gasteiger partial charge >= 0.3 is 0 Å². The molecule has 0 heterocycles. The van der Waals surface area contributed by atoms with Crippen molar-refractivity contribution in [3.8, 4) is 0 Å². The number of aliphatic hydroxyl groups excluding tert-OH is 2. The molecule has 1 aromatic carbocycles. The Balaban J connectivity index is 2.90. The van der Waals surface area contributed by atoms with Crippen molar-refractivity contribution in [2.45, 2.75) is 25.6 Å². The van der Waals surface area contributed by atoms with E-state index in [1.54, 1.807) is 13.0 Å². The zero-order valence-corrected chi connectivity index (χ0v) is 10.0.